The summed E-state index contributed by atoms with van der Waals surface area (Å²) in [5, 5.41) is 0. The maximum atomic E-state index is 12.4. The minimum atomic E-state index is -0.162. The van der Waals surface area contributed by atoms with Gasteiger partial charge in [-0.15, -0.1) is 0 Å². The Morgan fingerprint density at radius 3 is 2.00 bits per heavy atom. The van der Waals surface area contributed by atoms with Gasteiger partial charge in [-0.3, -0.25) is 0 Å². The zero-order valence-corrected chi connectivity index (χ0v) is 17.4. The molecule has 0 aromatic heterocycles. The molecule has 2 nitrogen and oxygen atoms in total. The Bertz CT molecular complexity index is 481. The molecule has 1 aromatic rings. The molecule has 0 radical (unpaired) electrons. The van der Waals surface area contributed by atoms with Gasteiger partial charge in [-0.05, 0) is 37.3 Å². The molecule has 0 saturated carbocycles. The average Bonchev–Trinajstić information content (AvgIpc) is 2.65. The molecular formula is C24H40O2. The Kier molecular flexibility index (Phi) is 13.0. The summed E-state index contributed by atoms with van der Waals surface area (Å²) in [6.45, 7) is 7.05. The van der Waals surface area contributed by atoms with Crippen LogP contribution in [0.4, 0.5) is 0 Å². The van der Waals surface area contributed by atoms with Gasteiger partial charge in [-0.1, -0.05) is 96.3 Å². The first-order valence-corrected chi connectivity index (χ1v) is 10.9. The van der Waals surface area contributed by atoms with Crippen molar-refractivity contribution in [2.75, 3.05) is 6.61 Å². The second kappa shape index (κ2) is 14.8. The molecule has 0 fully saturated rings. The standard InChI is InChI=1S/C24H40O2/c1-4-6-8-10-11-13-18-22(17-12-9-7-5-2)20-26-24(25)23-19-15-14-16-21(23)3/h14-16,19,22H,4-13,17-18,20H2,1-3H3. The predicted octanol–water partition coefficient (Wildman–Crippen LogP) is 7.49. The first-order chi connectivity index (χ1) is 12.7. The van der Waals surface area contributed by atoms with Crippen LogP contribution in [0.1, 0.15) is 107 Å². The third-order valence-corrected chi connectivity index (χ3v) is 5.25. The van der Waals surface area contributed by atoms with E-state index in [-0.39, 0.29) is 5.97 Å². The lowest BCUT2D eigenvalue weighted by molar-refractivity contribution is 0.0421. The molecule has 26 heavy (non-hydrogen) atoms. The van der Waals surface area contributed by atoms with Crippen LogP contribution in [0.3, 0.4) is 0 Å². The normalized spacial score (nSPS) is 12.1. The van der Waals surface area contributed by atoms with E-state index in [1.54, 1.807) is 0 Å². The summed E-state index contributed by atoms with van der Waals surface area (Å²) in [5.74, 6) is 0.357. The van der Waals surface area contributed by atoms with Gasteiger partial charge < -0.3 is 4.74 Å². The van der Waals surface area contributed by atoms with E-state index in [1.165, 1.54) is 77.0 Å². The number of hydrogen-bond acceptors (Lipinski definition) is 2. The molecular weight excluding hydrogens is 320 g/mol. The Labute approximate surface area is 161 Å². The van der Waals surface area contributed by atoms with Crippen LogP contribution in [-0.2, 0) is 4.74 Å². The van der Waals surface area contributed by atoms with E-state index in [1.807, 2.05) is 31.2 Å². The van der Waals surface area contributed by atoms with Crippen LogP contribution in [0, 0.1) is 12.8 Å². The molecule has 1 aromatic carbocycles. The van der Waals surface area contributed by atoms with Gasteiger partial charge in [0.15, 0.2) is 0 Å². The third-order valence-electron chi connectivity index (χ3n) is 5.25. The van der Waals surface area contributed by atoms with E-state index < -0.39 is 0 Å². The molecule has 1 rings (SSSR count). The monoisotopic (exact) mass is 360 g/mol. The van der Waals surface area contributed by atoms with E-state index in [0.29, 0.717) is 18.1 Å². The van der Waals surface area contributed by atoms with Gasteiger partial charge in [0.05, 0.1) is 12.2 Å². The van der Waals surface area contributed by atoms with E-state index >= 15 is 0 Å². The van der Waals surface area contributed by atoms with E-state index in [4.69, 9.17) is 4.74 Å². The van der Waals surface area contributed by atoms with E-state index in [2.05, 4.69) is 13.8 Å². The fraction of sp³-hybridized carbons (Fsp3) is 0.708. The summed E-state index contributed by atoms with van der Waals surface area (Å²) in [4.78, 5) is 12.4. The van der Waals surface area contributed by atoms with Crippen LogP contribution in [-0.4, -0.2) is 12.6 Å². The molecule has 0 aliphatic heterocycles. The predicted molar refractivity (Wildman–Crippen MR) is 112 cm³/mol. The highest BCUT2D eigenvalue weighted by Crippen LogP contribution is 2.20. The fourth-order valence-electron chi connectivity index (χ4n) is 3.46. The van der Waals surface area contributed by atoms with Crippen LogP contribution in [0.2, 0.25) is 0 Å². The lowest BCUT2D eigenvalue weighted by atomic mass is 9.95. The molecule has 1 unspecified atom stereocenters. The number of carbonyl (C=O) groups excluding carboxylic acids is 1. The zero-order chi connectivity index (χ0) is 19.0. The highest BCUT2D eigenvalue weighted by Gasteiger charge is 2.14. The maximum Gasteiger partial charge on any atom is 0.338 e. The molecule has 0 heterocycles. The van der Waals surface area contributed by atoms with Crippen molar-refractivity contribution in [1.29, 1.82) is 0 Å². The molecule has 0 N–H and O–H groups in total. The van der Waals surface area contributed by atoms with Gasteiger partial charge in [0, 0.05) is 0 Å². The Hall–Kier alpha value is -1.31. The summed E-state index contributed by atoms with van der Waals surface area (Å²) in [5.41, 5.74) is 1.70. The quantitative estimate of drug-likeness (QED) is 0.239. The molecule has 0 spiro atoms. The summed E-state index contributed by atoms with van der Waals surface area (Å²) in [6.07, 6.45) is 15.5. The fourth-order valence-corrected chi connectivity index (χ4v) is 3.46. The number of hydrogen-bond donors (Lipinski definition) is 0. The summed E-state index contributed by atoms with van der Waals surface area (Å²) in [6, 6.07) is 7.69. The van der Waals surface area contributed by atoms with E-state index in [0.717, 1.165) is 5.56 Å². The van der Waals surface area contributed by atoms with E-state index in [9.17, 15) is 4.79 Å². The summed E-state index contributed by atoms with van der Waals surface area (Å²) in [7, 11) is 0. The number of unbranched alkanes of at least 4 members (excludes halogenated alkanes) is 8. The molecule has 0 aliphatic carbocycles. The van der Waals surface area contributed by atoms with Crippen LogP contribution in [0.5, 0.6) is 0 Å². The topological polar surface area (TPSA) is 26.3 Å². The van der Waals surface area contributed by atoms with Crippen molar-refractivity contribution in [3.63, 3.8) is 0 Å². The van der Waals surface area contributed by atoms with Crippen molar-refractivity contribution in [3.05, 3.63) is 35.4 Å². The Morgan fingerprint density at radius 1 is 0.846 bits per heavy atom. The third kappa shape index (κ3) is 9.99. The second-order valence-corrected chi connectivity index (χ2v) is 7.69. The molecule has 2 heteroatoms. The number of carbonyl (C=O) groups is 1. The van der Waals surface area contributed by atoms with Gasteiger partial charge in [-0.2, -0.15) is 0 Å². The molecule has 0 saturated heterocycles. The molecule has 1 atom stereocenters. The highest BCUT2D eigenvalue weighted by atomic mass is 16.5. The Balaban J connectivity index is 2.39. The van der Waals surface area contributed by atoms with Gasteiger partial charge in [0.25, 0.3) is 0 Å². The summed E-state index contributed by atoms with van der Waals surface area (Å²) >= 11 is 0. The smallest absolute Gasteiger partial charge is 0.338 e. The number of aryl methyl sites for hydroxylation is 1. The first kappa shape index (κ1) is 22.7. The van der Waals surface area contributed by atoms with Crippen molar-refractivity contribution in [2.24, 2.45) is 5.92 Å². The number of esters is 1. The van der Waals surface area contributed by atoms with Crippen LogP contribution in [0.25, 0.3) is 0 Å². The zero-order valence-electron chi connectivity index (χ0n) is 17.4. The molecule has 0 bridgehead atoms. The van der Waals surface area contributed by atoms with Gasteiger partial charge in [0.2, 0.25) is 0 Å². The van der Waals surface area contributed by atoms with Gasteiger partial charge in [0.1, 0.15) is 0 Å². The van der Waals surface area contributed by atoms with Crippen molar-refractivity contribution < 1.29 is 9.53 Å². The van der Waals surface area contributed by atoms with Crippen LogP contribution in [0.15, 0.2) is 24.3 Å². The average molecular weight is 361 g/mol. The van der Waals surface area contributed by atoms with Crippen LogP contribution < -0.4 is 0 Å². The molecule has 0 amide bonds. The number of ether oxygens (including phenoxy) is 1. The highest BCUT2D eigenvalue weighted by molar-refractivity contribution is 5.90. The van der Waals surface area contributed by atoms with Crippen molar-refractivity contribution in [2.45, 2.75) is 97.8 Å². The van der Waals surface area contributed by atoms with Gasteiger partial charge >= 0.3 is 5.97 Å². The van der Waals surface area contributed by atoms with Crippen molar-refractivity contribution in [3.8, 4) is 0 Å². The lowest BCUT2D eigenvalue weighted by Gasteiger charge is -2.17. The van der Waals surface area contributed by atoms with Crippen LogP contribution >= 0.6 is 0 Å². The Morgan fingerprint density at radius 2 is 1.38 bits per heavy atom. The minimum Gasteiger partial charge on any atom is -0.462 e. The number of rotatable bonds is 15. The number of benzene rings is 1. The van der Waals surface area contributed by atoms with Crippen molar-refractivity contribution >= 4 is 5.97 Å². The lowest BCUT2D eigenvalue weighted by Crippen LogP contribution is -2.15. The first-order valence-electron chi connectivity index (χ1n) is 10.9. The van der Waals surface area contributed by atoms with Gasteiger partial charge in [-0.25, -0.2) is 4.79 Å². The molecule has 148 valence electrons. The SMILES string of the molecule is CCCCCCCCC(CCCCCC)COC(=O)c1ccccc1C. The largest absolute Gasteiger partial charge is 0.462 e. The summed E-state index contributed by atoms with van der Waals surface area (Å²) < 4.78 is 5.68. The molecule has 0 aliphatic rings. The second-order valence-electron chi connectivity index (χ2n) is 7.69. The maximum absolute atomic E-state index is 12.4. The van der Waals surface area contributed by atoms with Crippen molar-refractivity contribution in [1.82, 2.24) is 0 Å². The minimum absolute atomic E-state index is 0.162.